The first-order valence-corrected chi connectivity index (χ1v) is 4.75. The van der Waals surface area contributed by atoms with Gasteiger partial charge in [-0.1, -0.05) is 6.92 Å². The van der Waals surface area contributed by atoms with Gasteiger partial charge in [0.25, 0.3) is 0 Å². The molecule has 0 aliphatic carbocycles. The molecule has 0 fully saturated rings. The molecule has 0 spiro atoms. The van der Waals surface area contributed by atoms with Crippen molar-refractivity contribution in [2.24, 2.45) is 0 Å². The molecular weight excluding hydrogens is 176 g/mol. The molecule has 1 aromatic rings. The maximum Gasteiger partial charge on any atom is 0.121 e. The molecule has 1 atom stereocenters. The van der Waals surface area contributed by atoms with Crippen molar-refractivity contribution in [3.63, 3.8) is 0 Å². The van der Waals surface area contributed by atoms with Gasteiger partial charge in [0, 0.05) is 18.8 Å². The van der Waals surface area contributed by atoms with E-state index in [1.807, 2.05) is 17.7 Å². The predicted octanol–water partition coefficient (Wildman–Crippen LogP) is 0.947. The van der Waals surface area contributed by atoms with Crippen LogP contribution in [0, 0.1) is 11.3 Å². The van der Waals surface area contributed by atoms with Crippen LogP contribution in [0.25, 0.3) is 0 Å². The third-order valence-corrected chi connectivity index (χ3v) is 2.40. The topological polar surface area (TPSA) is 53.6 Å². The number of nitrogens with zero attached hydrogens (tertiary/aromatic N) is 3. The summed E-state index contributed by atoms with van der Waals surface area (Å²) in [4.78, 5) is 4.21. The van der Waals surface area contributed by atoms with Gasteiger partial charge in [-0.15, -0.1) is 0 Å². The van der Waals surface area contributed by atoms with Crippen molar-refractivity contribution in [3.8, 4) is 6.07 Å². The number of nitriles is 1. The molecule has 76 valence electrons. The van der Waals surface area contributed by atoms with Crippen molar-refractivity contribution in [1.29, 1.82) is 5.26 Å². The van der Waals surface area contributed by atoms with E-state index in [0.29, 0.717) is 6.54 Å². The largest absolute Gasteiger partial charge is 0.332 e. The predicted molar refractivity (Wildman–Crippen MR) is 54.7 cm³/mol. The highest BCUT2D eigenvalue weighted by Crippen LogP contribution is 2.08. The van der Waals surface area contributed by atoms with Crippen LogP contribution >= 0.6 is 0 Å². The van der Waals surface area contributed by atoms with Crippen LogP contribution in [0.2, 0.25) is 0 Å². The normalized spacial score (nSPS) is 14.7. The van der Waals surface area contributed by atoms with Gasteiger partial charge in [0.15, 0.2) is 0 Å². The molecule has 1 aromatic heterocycles. The SMILES string of the molecule is CCc1nccn1CC(C)(C#N)NC. The van der Waals surface area contributed by atoms with Crippen LogP contribution < -0.4 is 5.32 Å². The van der Waals surface area contributed by atoms with E-state index in [9.17, 15) is 0 Å². The number of imidazole rings is 1. The van der Waals surface area contributed by atoms with Crippen molar-refractivity contribution >= 4 is 0 Å². The van der Waals surface area contributed by atoms with E-state index in [2.05, 4.69) is 23.3 Å². The quantitative estimate of drug-likeness (QED) is 0.772. The molecule has 0 aromatic carbocycles. The zero-order valence-corrected chi connectivity index (χ0v) is 8.91. The average Bonchev–Trinajstić information content (AvgIpc) is 2.65. The maximum atomic E-state index is 9.00. The minimum absolute atomic E-state index is 0.523. The van der Waals surface area contributed by atoms with Crippen LogP contribution in [0.15, 0.2) is 12.4 Å². The lowest BCUT2D eigenvalue weighted by molar-refractivity contribution is 0.411. The van der Waals surface area contributed by atoms with Gasteiger partial charge in [-0.3, -0.25) is 0 Å². The molecular formula is C10H16N4. The van der Waals surface area contributed by atoms with E-state index in [1.165, 1.54) is 0 Å². The van der Waals surface area contributed by atoms with Crippen LogP contribution in [-0.2, 0) is 13.0 Å². The zero-order chi connectivity index (χ0) is 10.6. The molecule has 0 amide bonds. The fourth-order valence-corrected chi connectivity index (χ4v) is 1.31. The summed E-state index contributed by atoms with van der Waals surface area (Å²) in [6.45, 7) is 4.57. The first-order chi connectivity index (χ1) is 6.65. The van der Waals surface area contributed by atoms with E-state index in [4.69, 9.17) is 5.26 Å². The summed E-state index contributed by atoms with van der Waals surface area (Å²) in [7, 11) is 1.80. The Hall–Kier alpha value is -1.34. The molecule has 0 saturated carbocycles. The Kier molecular flexibility index (Phi) is 3.26. The smallest absolute Gasteiger partial charge is 0.121 e. The molecule has 1 unspecified atom stereocenters. The monoisotopic (exact) mass is 192 g/mol. The minimum Gasteiger partial charge on any atom is -0.332 e. The highest BCUT2D eigenvalue weighted by atomic mass is 15.1. The molecule has 1 rings (SSSR count). The number of nitrogens with one attached hydrogen (secondary N) is 1. The van der Waals surface area contributed by atoms with Gasteiger partial charge in [0.05, 0.1) is 12.6 Å². The molecule has 1 N–H and O–H groups in total. The third kappa shape index (κ3) is 2.12. The standard InChI is InChI=1S/C10H16N4/c1-4-9-13-5-6-14(9)8-10(2,7-11)12-3/h5-6,12H,4,8H2,1-3H3. The van der Waals surface area contributed by atoms with Crippen molar-refractivity contribution in [2.45, 2.75) is 32.4 Å². The number of hydrogen-bond donors (Lipinski definition) is 1. The van der Waals surface area contributed by atoms with Gasteiger partial charge < -0.3 is 9.88 Å². The first kappa shape index (κ1) is 10.7. The van der Waals surface area contributed by atoms with Crippen LogP contribution in [0.1, 0.15) is 19.7 Å². The van der Waals surface area contributed by atoms with Crippen LogP contribution in [0.3, 0.4) is 0 Å². The van der Waals surface area contributed by atoms with Gasteiger partial charge in [0.1, 0.15) is 11.4 Å². The van der Waals surface area contributed by atoms with E-state index >= 15 is 0 Å². The fraction of sp³-hybridized carbons (Fsp3) is 0.600. The Morgan fingerprint density at radius 2 is 2.43 bits per heavy atom. The molecule has 1 heterocycles. The molecule has 0 saturated heterocycles. The Labute approximate surface area is 84.6 Å². The molecule has 0 aliphatic rings. The van der Waals surface area contributed by atoms with E-state index in [1.54, 1.807) is 13.2 Å². The van der Waals surface area contributed by atoms with Crippen molar-refractivity contribution in [2.75, 3.05) is 7.05 Å². The fourth-order valence-electron chi connectivity index (χ4n) is 1.31. The summed E-state index contributed by atoms with van der Waals surface area (Å²) in [5, 5.41) is 12.0. The van der Waals surface area contributed by atoms with Crippen LogP contribution in [0.4, 0.5) is 0 Å². The zero-order valence-electron chi connectivity index (χ0n) is 8.91. The minimum atomic E-state index is -0.523. The summed E-state index contributed by atoms with van der Waals surface area (Å²) in [6, 6.07) is 2.26. The number of likely N-dealkylation sites (N-methyl/N-ethyl adjacent to an activating group) is 1. The second-order valence-corrected chi connectivity index (χ2v) is 3.52. The van der Waals surface area contributed by atoms with Crippen LogP contribution in [0.5, 0.6) is 0 Å². The summed E-state index contributed by atoms with van der Waals surface area (Å²) in [5.41, 5.74) is -0.523. The van der Waals surface area contributed by atoms with Crippen molar-refractivity contribution in [3.05, 3.63) is 18.2 Å². The second kappa shape index (κ2) is 4.25. The number of hydrogen-bond acceptors (Lipinski definition) is 3. The highest BCUT2D eigenvalue weighted by molar-refractivity contribution is 5.05. The third-order valence-electron chi connectivity index (χ3n) is 2.40. The van der Waals surface area contributed by atoms with Gasteiger partial charge in [0.2, 0.25) is 0 Å². The highest BCUT2D eigenvalue weighted by Gasteiger charge is 2.22. The van der Waals surface area contributed by atoms with Crippen molar-refractivity contribution < 1.29 is 0 Å². The number of aromatic nitrogens is 2. The first-order valence-electron chi connectivity index (χ1n) is 4.75. The second-order valence-electron chi connectivity index (χ2n) is 3.52. The summed E-state index contributed by atoms with van der Waals surface area (Å²) >= 11 is 0. The van der Waals surface area contributed by atoms with Gasteiger partial charge >= 0.3 is 0 Å². The van der Waals surface area contributed by atoms with E-state index in [-0.39, 0.29) is 0 Å². The lowest BCUT2D eigenvalue weighted by Gasteiger charge is -2.22. The van der Waals surface area contributed by atoms with Crippen LogP contribution in [-0.4, -0.2) is 22.1 Å². The molecule has 0 aliphatic heterocycles. The molecule has 0 bridgehead atoms. The Morgan fingerprint density at radius 3 is 2.93 bits per heavy atom. The summed E-state index contributed by atoms with van der Waals surface area (Å²) < 4.78 is 2.01. The lowest BCUT2D eigenvalue weighted by atomic mass is 10.1. The Morgan fingerprint density at radius 1 is 1.71 bits per heavy atom. The molecule has 4 heteroatoms. The number of aryl methyl sites for hydroxylation is 1. The van der Waals surface area contributed by atoms with E-state index < -0.39 is 5.54 Å². The average molecular weight is 192 g/mol. The van der Waals surface area contributed by atoms with Crippen molar-refractivity contribution in [1.82, 2.24) is 14.9 Å². The molecule has 4 nitrogen and oxygen atoms in total. The van der Waals surface area contributed by atoms with E-state index in [0.717, 1.165) is 12.2 Å². The lowest BCUT2D eigenvalue weighted by Crippen LogP contribution is -2.42. The van der Waals surface area contributed by atoms with Gasteiger partial charge in [-0.25, -0.2) is 4.98 Å². The van der Waals surface area contributed by atoms with Gasteiger partial charge in [-0.2, -0.15) is 5.26 Å². The van der Waals surface area contributed by atoms with Gasteiger partial charge in [-0.05, 0) is 14.0 Å². The summed E-state index contributed by atoms with van der Waals surface area (Å²) in [6.07, 6.45) is 4.57. The number of rotatable bonds is 4. The molecule has 14 heavy (non-hydrogen) atoms. The Bertz CT molecular complexity index is 336. The Balaban J connectivity index is 2.83. The summed E-state index contributed by atoms with van der Waals surface area (Å²) in [5.74, 6) is 1.02. The molecule has 0 radical (unpaired) electrons. The maximum absolute atomic E-state index is 9.00.